The van der Waals surface area contributed by atoms with Gasteiger partial charge in [-0.1, -0.05) is 24.8 Å². The van der Waals surface area contributed by atoms with E-state index in [9.17, 15) is 4.79 Å². The first-order valence-corrected chi connectivity index (χ1v) is 6.91. The molecule has 0 spiro atoms. The number of hydrogen-bond acceptors (Lipinski definition) is 4. The quantitative estimate of drug-likeness (QED) is 0.831. The summed E-state index contributed by atoms with van der Waals surface area (Å²) < 4.78 is 5.70. The van der Waals surface area contributed by atoms with Crippen LogP contribution in [-0.2, 0) is 0 Å². The average Bonchev–Trinajstić information content (AvgIpc) is 2.51. The van der Waals surface area contributed by atoms with Crippen molar-refractivity contribution in [1.29, 1.82) is 0 Å². The van der Waals surface area contributed by atoms with Crippen LogP contribution >= 0.6 is 0 Å². The van der Waals surface area contributed by atoms with Gasteiger partial charge in [-0.2, -0.15) is 0 Å². The van der Waals surface area contributed by atoms with Crippen LogP contribution in [0.4, 0.5) is 0 Å². The monoisotopic (exact) mass is 273 g/mol. The van der Waals surface area contributed by atoms with Gasteiger partial charge >= 0.3 is 0 Å². The van der Waals surface area contributed by atoms with Crippen LogP contribution in [0.3, 0.4) is 0 Å². The predicted molar refractivity (Wildman–Crippen MR) is 76.5 cm³/mol. The molecule has 0 saturated carbocycles. The van der Waals surface area contributed by atoms with Gasteiger partial charge < -0.3 is 10.1 Å². The summed E-state index contributed by atoms with van der Waals surface area (Å²) in [4.78, 5) is 16.6. The third-order valence-electron chi connectivity index (χ3n) is 3.79. The van der Waals surface area contributed by atoms with Crippen molar-refractivity contribution < 1.29 is 9.53 Å². The molecule has 0 aromatic heterocycles. The number of nitrogens with zero attached hydrogens (tertiary/aromatic N) is 2. The highest BCUT2D eigenvalue weighted by Gasteiger charge is 2.32. The number of benzene rings is 1. The second-order valence-corrected chi connectivity index (χ2v) is 4.98. The van der Waals surface area contributed by atoms with Crippen LogP contribution in [0, 0.1) is 0 Å². The van der Waals surface area contributed by atoms with E-state index < -0.39 is 0 Å². The van der Waals surface area contributed by atoms with E-state index in [2.05, 4.69) is 16.8 Å². The molecule has 0 bridgehead atoms. The number of hydrogen-bond donors (Lipinski definition) is 1. The number of para-hydroxylation sites is 1. The molecule has 5 heteroatoms. The van der Waals surface area contributed by atoms with Crippen molar-refractivity contribution in [3.8, 4) is 5.75 Å². The molecule has 1 aromatic rings. The molecule has 1 N–H and O–H groups in total. The number of ether oxygens (including phenoxy) is 1. The second kappa shape index (κ2) is 5.64. The summed E-state index contributed by atoms with van der Waals surface area (Å²) in [6.07, 6.45) is 1.71. The van der Waals surface area contributed by atoms with E-state index in [1.54, 1.807) is 4.90 Å². The molecule has 1 aromatic carbocycles. The third kappa shape index (κ3) is 2.30. The van der Waals surface area contributed by atoms with Crippen LogP contribution < -0.4 is 10.1 Å². The standard InChI is InChI=1S/C15H19N3O2/c1-2-14(17-9-7-16-8-10-17)18-11-20-13-6-4-3-5-12(13)15(18)19/h2-6,14,16H,1,7-11H2. The summed E-state index contributed by atoms with van der Waals surface area (Å²) in [5.74, 6) is 0.673. The zero-order chi connectivity index (χ0) is 13.9. The summed E-state index contributed by atoms with van der Waals surface area (Å²) in [7, 11) is 0. The van der Waals surface area contributed by atoms with Gasteiger partial charge in [0, 0.05) is 26.2 Å². The van der Waals surface area contributed by atoms with Crippen molar-refractivity contribution in [2.24, 2.45) is 0 Å². The molecule has 20 heavy (non-hydrogen) atoms. The van der Waals surface area contributed by atoms with E-state index in [0.29, 0.717) is 11.3 Å². The van der Waals surface area contributed by atoms with Crippen LogP contribution in [0.2, 0.25) is 0 Å². The van der Waals surface area contributed by atoms with Crippen LogP contribution in [0.25, 0.3) is 0 Å². The maximum Gasteiger partial charge on any atom is 0.261 e. The second-order valence-electron chi connectivity index (χ2n) is 4.98. The maximum atomic E-state index is 12.6. The molecule has 1 amide bonds. The van der Waals surface area contributed by atoms with Crippen molar-refractivity contribution in [2.75, 3.05) is 32.9 Å². The van der Waals surface area contributed by atoms with Crippen molar-refractivity contribution in [2.45, 2.75) is 6.17 Å². The number of fused-ring (bicyclic) bond motifs is 1. The van der Waals surface area contributed by atoms with Gasteiger partial charge in [0.2, 0.25) is 0 Å². The Bertz CT molecular complexity index is 512. The Morgan fingerprint density at radius 3 is 2.80 bits per heavy atom. The van der Waals surface area contributed by atoms with Crippen LogP contribution in [0.15, 0.2) is 36.9 Å². The van der Waals surface area contributed by atoms with Crippen molar-refractivity contribution >= 4 is 5.91 Å². The summed E-state index contributed by atoms with van der Waals surface area (Å²) in [5, 5.41) is 3.31. The van der Waals surface area contributed by atoms with E-state index in [-0.39, 0.29) is 18.8 Å². The highest BCUT2D eigenvalue weighted by molar-refractivity contribution is 5.97. The third-order valence-corrected chi connectivity index (χ3v) is 3.79. The Balaban J connectivity index is 1.83. The zero-order valence-corrected chi connectivity index (χ0v) is 11.4. The highest BCUT2D eigenvalue weighted by Crippen LogP contribution is 2.26. The topological polar surface area (TPSA) is 44.8 Å². The minimum atomic E-state index is -0.113. The van der Waals surface area contributed by atoms with Gasteiger partial charge in [0.15, 0.2) is 6.73 Å². The van der Waals surface area contributed by atoms with Gasteiger partial charge in [0.05, 0.1) is 5.56 Å². The van der Waals surface area contributed by atoms with Gasteiger partial charge in [-0.05, 0) is 12.1 Å². The number of piperazine rings is 1. The minimum absolute atomic E-state index is 0.00952. The molecular weight excluding hydrogens is 254 g/mol. The van der Waals surface area contributed by atoms with E-state index in [1.165, 1.54) is 0 Å². The molecule has 2 aliphatic heterocycles. The predicted octanol–water partition coefficient (Wildman–Crippen LogP) is 0.896. The first kappa shape index (κ1) is 13.1. The first-order valence-electron chi connectivity index (χ1n) is 6.91. The molecule has 106 valence electrons. The number of carbonyl (C=O) groups excluding carboxylic acids is 1. The smallest absolute Gasteiger partial charge is 0.261 e. The summed E-state index contributed by atoms with van der Waals surface area (Å²) >= 11 is 0. The first-order chi connectivity index (χ1) is 9.81. The van der Waals surface area contributed by atoms with Gasteiger partial charge in [0.1, 0.15) is 11.9 Å². The fourth-order valence-corrected chi connectivity index (χ4v) is 2.74. The van der Waals surface area contributed by atoms with Gasteiger partial charge in [-0.3, -0.25) is 14.6 Å². The van der Waals surface area contributed by atoms with Crippen molar-refractivity contribution in [3.05, 3.63) is 42.5 Å². The number of nitrogens with one attached hydrogen (secondary N) is 1. The molecule has 2 aliphatic rings. The Morgan fingerprint density at radius 1 is 1.30 bits per heavy atom. The Labute approximate surface area is 118 Å². The highest BCUT2D eigenvalue weighted by atomic mass is 16.5. The molecule has 2 heterocycles. The van der Waals surface area contributed by atoms with Gasteiger partial charge in [0.25, 0.3) is 5.91 Å². The maximum absolute atomic E-state index is 12.6. The Kier molecular flexibility index (Phi) is 3.71. The molecule has 0 radical (unpaired) electrons. The molecule has 1 fully saturated rings. The van der Waals surface area contributed by atoms with Crippen molar-refractivity contribution in [1.82, 2.24) is 15.1 Å². The lowest BCUT2D eigenvalue weighted by Gasteiger charge is -2.41. The van der Waals surface area contributed by atoms with E-state index in [1.807, 2.05) is 30.3 Å². The van der Waals surface area contributed by atoms with Crippen molar-refractivity contribution in [3.63, 3.8) is 0 Å². The molecule has 5 nitrogen and oxygen atoms in total. The van der Waals surface area contributed by atoms with Crippen LogP contribution in [-0.4, -0.2) is 54.8 Å². The molecule has 1 unspecified atom stereocenters. The molecule has 3 rings (SSSR count). The van der Waals surface area contributed by atoms with Crippen LogP contribution in [0.5, 0.6) is 5.75 Å². The summed E-state index contributed by atoms with van der Waals surface area (Å²) in [6, 6.07) is 7.38. The Morgan fingerprint density at radius 2 is 2.05 bits per heavy atom. The summed E-state index contributed by atoms with van der Waals surface area (Å²) in [5.41, 5.74) is 0.626. The number of amides is 1. The fraction of sp³-hybridized carbons (Fsp3) is 0.400. The zero-order valence-electron chi connectivity index (χ0n) is 11.4. The van der Waals surface area contributed by atoms with E-state index in [0.717, 1.165) is 26.2 Å². The largest absolute Gasteiger partial charge is 0.472 e. The molecule has 1 atom stereocenters. The lowest BCUT2D eigenvalue weighted by Crippen LogP contribution is -2.57. The lowest BCUT2D eigenvalue weighted by atomic mass is 10.1. The van der Waals surface area contributed by atoms with Gasteiger partial charge in [-0.15, -0.1) is 0 Å². The van der Waals surface area contributed by atoms with E-state index >= 15 is 0 Å². The van der Waals surface area contributed by atoms with E-state index in [4.69, 9.17) is 4.74 Å². The number of carbonyl (C=O) groups is 1. The Hall–Kier alpha value is -1.85. The number of rotatable bonds is 3. The average molecular weight is 273 g/mol. The SMILES string of the molecule is C=CC(N1CCNCC1)N1COc2ccccc2C1=O. The summed E-state index contributed by atoms with van der Waals surface area (Å²) in [6.45, 7) is 7.84. The molecule has 0 aliphatic carbocycles. The fourth-order valence-electron chi connectivity index (χ4n) is 2.74. The van der Waals surface area contributed by atoms with Gasteiger partial charge in [-0.25, -0.2) is 0 Å². The molecular formula is C15H19N3O2. The minimum Gasteiger partial charge on any atom is -0.472 e. The van der Waals surface area contributed by atoms with Crippen LogP contribution in [0.1, 0.15) is 10.4 Å². The molecule has 1 saturated heterocycles. The lowest BCUT2D eigenvalue weighted by molar-refractivity contribution is 0.00725. The normalized spacial score (nSPS) is 21.0.